The minimum atomic E-state index is -1.08. The third-order valence-electron chi connectivity index (χ3n) is 7.63. The molecule has 0 heterocycles. The molecule has 40 heavy (non-hydrogen) atoms. The minimum absolute atomic E-state index is 0.0855. The van der Waals surface area contributed by atoms with Crippen molar-refractivity contribution in [3.05, 3.63) is 77.4 Å². The van der Waals surface area contributed by atoms with Crippen molar-refractivity contribution in [3.8, 4) is 5.75 Å². The van der Waals surface area contributed by atoms with Crippen LogP contribution in [0.15, 0.2) is 60.7 Å². The fourth-order valence-corrected chi connectivity index (χ4v) is 4.81. The van der Waals surface area contributed by atoms with Gasteiger partial charge in [-0.25, -0.2) is 4.79 Å². The number of unbranched alkanes of at least 4 members (excludes halogenated alkanes) is 4. The van der Waals surface area contributed by atoms with Crippen LogP contribution in [0.4, 0.5) is 0 Å². The molecule has 0 aliphatic heterocycles. The maximum Gasteiger partial charge on any atom is 0.344 e. The highest BCUT2D eigenvalue weighted by Gasteiger charge is 2.36. The van der Waals surface area contributed by atoms with Crippen molar-refractivity contribution in [2.24, 2.45) is 0 Å². The number of aliphatic hydroxyl groups is 1. The second-order valence-electron chi connectivity index (χ2n) is 11.9. The van der Waals surface area contributed by atoms with Gasteiger partial charge in [0, 0.05) is 12.5 Å². The molecule has 0 saturated heterocycles. The smallest absolute Gasteiger partial charge is 0.344 e. The first-order valence-electron chi connectivity index (χ1n) is 14.9. The SMILES string of the molecule is C/C=C\C(c1ccccc1)C(C)(CC)OC(=O)COc1cc(C(C)(C)O)cc(C(C)(C)OCCCCCCC)c1. The molecule has 2 atom stereocenters. The van der Waals surface area contributed by atoms with Crippen LogP contribution in [-0.4, -0.2) is 29.9 Å². The van der Waals surface area contributed by atoms with Gasteiger partial charge in [0.05, 0.1) is 11.2 Å². The fourth-order valence-electron chi connectivity index (χ4n) is 4.81. The Balaban J connectivity index is 2.18. The Morgan fingerprint density at radius 2 is 1.57 bits per heavy atom. The Labute approximate surface area is 242 Å². The van der Waals surface area contributed by atoms with Gasteiger partial charge < -0.3 is 19.3 Å². The summed E-state index contributed by atoms with van der Waals surface area (Å²) in [6.07, 6.45) is 10.6. The predicted molar refractivity (Wildman–Crippen MR) is 164 cm³/mol. The van der Waals surface area contributed by atoms with E-state index in [4.69, 9.17) is 14.2 Å². The van der Waals surface area contributed by atoms with Crippen LogP contribution in [0.3, 0.4) is 0 Å². The summed E-state index contributed by atoms with van der Waals surface area (Å²) >= 11 is 0. The van der Waals surface area contributed by atoms with Crippen LogP contribution in [-0.2, 0) is 25.5 Å². The van der Waals surface area contributed by atoms with Crippen LogP contribution in [0.5, 0.6) is 5.75 Å². The van der Waals surface area contributed by atoms with Gasteiger partial charge in [-0.05, 0) is 89.3 Å². The largest absolute Gasteiger partial charge is 0.482 e. The van der Waals surface area contributed by atoms with Crippen molar-refractivity contribution < 1.29 is 24.1 Å². The van der Waals surface area contributed by atoms with Crippen molar-refractivity contribution in [2.75, 3.05) is 13.2 Å². The van der Waals surface area contributed by atoms with E-state index >= 15 is 0 Å². The van der Waals surface area contributed by atoms with Gasteiger partial charge in [0.15, 0.2) is 6.61 Å². The summed E-state index contributed by atoms with van der Waals surface area (Å²) < 4.78 is 18.3. The lowest BCUT2D eigenvalue weighted by molar-refractivity contribution is -0.162. The Morgan fingerprint density at radius 1 is 0.925 bits per heavy atom. The maximum absolute atomic E-state index is 13.1. The van der Waals surface area contributed by atoms with E-state index in [-0.39, 0.29) is 12.5 Å². The molecule has 0 amide bonds. The first kappa shape index (κ1) is 33.6. The van der Waals surface area contributed by atoms with Crippen molar-refractivity contribution in [2.45, 2.75) is 117 Å². The molecule has 1 N–H and O–H groups in total. The molecule has 2 aromatic rings. The molecule has 2 unspecified atom stereocenters. The molecule has 2 rings (SSSR count). The Bertz CT molecular complexity index is 1070. The van der Waals surface area contributed by atoms with Gasteiger partial charge >= 0.3 is 5.97 Å². The molecule has 2 aromatic carbocycles. The molecule has 0 aromatic heterocycles. The van der Waals surface area contributed by atoms with Gasteiger partial charge in [0.2, 0.25) is 0 Å². The highest BCUT2D eigenvalue weighted by Crippen LogP contribution is 2.36. The first-order valence-corrected chi connectivity index (χ1v) is 14.9. The zero-order valence-electron chi connectivity index (χ0n) is 26.1. The highest BCUT2D eigenvalue weighted by molar-refractivity contribution is 5.72. The summed E-state index contributed by atoms with van der Waals surface area (Å²) in [6, 6.07) is 15.7. The Hall–Kier alpha value is -2.63. The van der Waals surface area contributed by atoms with Crippen LogP contribution >= 0.6 is 0 Å². The van der Waals surface area contributed by atoms with Gasteiger partial charge in [-0.1, -0.05) is 82.0 Å². The monoisotopic (exact) mass is 552 g/mol. The van der Waals surface area contributed by atoms with E-state index in [1.54, 1.807) is 19.9 Å². The van der Waals surface area contributed by atoms with Crippen molar-refractivity contribution >= 4 is 5.97 Å². The maximum atomic E-state index is 13.1. The molecule has 0 aliphatic rings. The summed E-state index contributed by atoms with van der Waals surface area (Å²) in [5, 5.41) is 10.8. The second kappa shape index (κ2) is 15.4. The molecule has 0 bridgehead atoms. The standard InChI is InChI=1S/C35H52O5/c1-9-12-13-14-18-22-39-34(6,7)29-23-28(33(4,5)37)24-30(25-29)38-26-32(36)40-35(8,11-3)31(19-10-2)27-20-16-15-17-21-27/h10,15-17,19-21,23-25,31,37H,9,11-14,18,22,26H2,1-8H3/b19-10-. The number of ether oxygens (including phenoxy) is 3. The average molecular weight is 553 g/mol. The lowest BCUT2D eigenvalue weighted by Crippen LogP contribution is -2.38. The number of esters is 1. The molecule has 0 aliphatic carbocycles. The highest BCUT2D eigenvalue weighted by atomic mass is 16.6. The predicted octanol–water partition coefficient (Wildman–Crippen LogP) is 8.59. The van der Waals surface area contributed by atoms with Crippen LogP contribution in [0.2, 0.25) is 0 Å². The lowest BCUT2D eigenvalue weighted by Gasteiger charge is -2.35. The minimum Gasteiger partial charge on any atom is -0.482 e. The zero-order chi connectivity index (χ0) is 29.8. The summed E-state index contributed by atoms with van der Waals surface area (Å²) in [6.45, 7) is 16.1. The summed E-state index contributed by atoms with van der Waals surface area (Å²) in [7, 11) is 0. The normalized spacial score (nSPS) is 14.6. The molecule has 222 valence electrons. The third kappa shape index (κ3) is 10.1. The quantitative estimate of drug-likeness (QED) is 0.121. The molecule has 0 saturated carbocycles. The first-order chi connectivity index (χ1) is 18.9. The van der Waals surface area contributed by atoms with Gasteiger partial charge in [-0.2, -0.15) is 0 Å². The molecule has 0 spiro atoms. The molecule has 5 heteroatoms. The lowest BCUT2D eigenvalue weighted by atomic mass is 9.81. The number of carbonyl (C=O) groups excluding carboxylic acids is 1. The summed E-state index contributed by atoms with van der Waals surface area (Å²) in [5.74, 6) is -0.0252. The van der Waals surface area contributed by atoms with Crippen molar-refractivity contribution in [3.63, 3.8) is 0 Å². The second-order valence-corrected chi connectivity index (χ2v) is 11.9. The third-order valence-corrected chi connectivity index (χ3v) is 7.63. The van der Waals surface area contributed by atoms with E-state index < -0.39 is 22.8 Å². The number of allylic oxidation sites excluding steroid dienone is 1. The molecular weight excluding hydrogens is 500 g/mol. The van der Waals surface area contributed by atoms with E-state index in [2.05, 4.69) is 25.1 Å². The summed E-state index contributed by atoms with van der Waals surface area (Å²) in [4.78, 5) is 13.1. The molecule has 0 fully saturated rings. The van der Waals surface area contributed by atoms with E-state index in [1.807, 2.05) is 71.0 Å². The van der Waals surface area contributed by atoms with Gasteiger partial charge in [0.25, 0.3) is 0 Å². The average Bonchev–Trinajstić information content (AvgIpc) is 2.92. The molecule has 0 radical (unpaired) electrons. The number of hydrogen-bond acceptors (Lipinski definition) is 5. The van der Waals surface area contributed by atoms with E-state index in [1.165, 1.54) is 19.3 Å². The van der Waals surface area contributed by atoms with Crippen LogP contribution in [0.1, 0.15) is 117 Å². The number of benzene rings is 2. The van der Waals surface area contributed by atoms with Crippen LogP contribution < -0.4 is 4.74 Å². The van der Waals surface area contributed by atoms with E-state index in [0.29, 0.717) is 24.3 Å². The van der Waals surface area contributed by atoms with Crippen LogP contribution in [0.25, 0.3) is 0 Å². The Kier molecular flexibility index (Phi) is 12.9. The zero-order valence-corrected chi connectivity index (χ0v) is 26.1. The molecule has 5 nitrogen and oxygen atoms in total. The van der Waals surface area contributed by atoms with E-state index in [9.17, 15) is 9.90 Å². The number of hydrogen-bond donors (Lipinski definition) is 1. The molecular formula is C35H52O5. The fraction of sp³-hybridized carbons (Fsp3) is 0.571. The van der Waals surface area contributed by atoms with Crippen molar-refractivity contribution in [1.82, 2.24) is 0 Å². The van der Waals surface area contributed by atoms with Gasteiger partial charge in [0.1, 0.15) is 11.4 Å². The Morgan fingerprint density at radius 3 is 2.17 bits per heavy atom. The topological polar surface area (TPSA) is 65.0 Å². The van der Waals surface area contributed by atoms with Crippen LogP contribution in [0, 0.1) is 0 Å². The van der Waals surface area contributed by atoms with Gasteiger partial charge in [-0.3, -0.25) is 0 Å². The van der Waals surface area contributed by atoms with Crippen molar-refractivity contribution in [1.29, 1.82) is 0 Å². The van der Waals surface area contributed by atoms with Gasteiger partial charge in [-0.15, -0.1) is 0 Å². The number of carbonyl (C=O) groups is 1. The summed E-state index contributed by atoms with van der Waals surface area (Å²) in [5.41, 5.74) is 0.278. The van der Waals surface area contributed by atoms with E-state index in [0.717, 1.165) is 24.0 Å². The number of rotatable bonds is 17.